The number of aromatic nitrogens is 2. The molecule has 0 bridgehead atoms. The van der Waals surface area contributed by atoms with Crippen LogP contribution in [0.3, 0.4) is 0 Å². The Morgan fingerprint density at radius 3 is 2.09 bits per heavy atom. The first-order chi connectivity index (χ1) is 27.2. The quantitative estimate of drug-likeness (QED) is 0.0818. The van der Waals surface area contributed by atoms with Crippen LogP contribution in [0.1, 0.15) is 63.8 Å². The summed E-state index contributed by atoms with van der Waals surface area (Å²) in [6.45, 7) is 7.60. The number of aliphatic carboxylic acids is 1. The van der Waals surface area contributed by atoms with Gasteiger partial charge in [0.05, 0.1) is 12.2 Å². The minimum Gasteiger partial charge on any atom is -0.508 e. The number of nitrogens with two attached hydrogens (primary N) is 1. The number of aromatic hydroxyl groups is 1. The Balaban J connectivity index is 1.56. The van der Waals surface area contributed by atoms with Gasteiger partial charge in [-0.05, 0) is 47.9 Å². The molecule has 16 nitrogen and oxygen atoms in total. The molecule has 0 aliphatic carbocycles. The Hall–Kier alpha value is -5.77. The standard InChI is InChI=1S/C41H56N8O8/c1-5-25(4)35(48-37(52)31(18-27-13-15-29(50)16-14-27)45-36(51)30(21-42)24(2)3)39(54)46-32(20-28-22-43-23-44-28)40(55)49-17-9-12-34(49)38(53)47-33(41(56)57)19-26-10-7-6-8-11-26/h6-8,10-11,13-16,22-25,30-35,50H,5,9,12,17-21,42H2,1-4H3,(H,43,44)(H,45,51)(H,46,54)(H,47,53)(H,48,52)(H,56,57)/t25-,30-,31-,32-,33-,34-,35-/m0/s1. The molecule has 2 aromatic carbocycles. The summed E-state index contributed by atoms with van der Waals surface area (Å²) in [5, 5.41) is 30.8. The Morgan fingerprint density at radius 2 is 1.49 bits per heavy atom. The molecule has 0 saturated carbocycles. The van der Waals surface area contributed by atoms with Crippen LogP contribution in [0.15, 0.2) is 67.1 Å². The van der Waals surface area contributed by atoms with E-state index >= 15 is 0 Å². The molecular weight excluding hydrogens is 732 g/mol. The number of likely N-dealkylation sites (tertiary alicyclic amines) is 1. The minimum absolute atomic E-state index is 0.0163. The van der Waals surface area contributed by atoms with Gasteiger partial charge in [0.15, 0.2) is 0 Å². The number of carbonyl (C=O) groups is 6. The van der Waals surface area contributed by atoms with E-state index in [1.807, 2.05) is 20.8 Å². The molecule has 1 fully saturated rings. The van der Waals surface area contributed by atoms with Gasteiger partial charge >= 0.3 is 5.97 Å². The lowest BCUT2D eigenvalue weighted by Gasteiger charge is -2.32. The fourth-order valence-electron chi connectivity index (χ4n) is 6.89. The Bertz CT molecular complexity index is 1800. The normalized spacial score (nSPS) is 17.1. The van der Waals surface area contributed by atoms with Gasteiger partial charge in [0.1, 0.15) is 36.0 Å². The smallest absolute Gasteiger partial charge is 0.326 e. The summed E-state index contributed by atoms with van der Waals surface area (Å²) in [5.41, 5.74) is 7.80. The first-order valence-electron chi connectivity index (χ1n) is 19.5. The van der Waals surface area contributed by atoms with Crippen molar-refractivity contribution in [3.05, 3.63) is 83.9 Å². The minimum atomic E-state index is -1.23. The number of benzene rings is 2. The van der Waals surface area contributed by atoms with Gasteiger partial charge in [0.25, 0.3) is 0 Å². The molecule has 0 radical (unpaired) electrons. The zero-order valence-electron chi connectivity index (χ0n) is 32.9. The fraction of sp³-hybridized carbons (Fsp3) is 0.488. The molecule has 2 heterocycles. The molecule has 3 aromatic rings. The number of phenolic OH excluding ortho intramolecular Hbond substituents is 1. The van der Waals surface area contributed by atoms with Gasteiger partial charge in [-0.3, -0.25) is 24.0 Å². The van der Waals surface area contributed by atoms with Gasteiger partial charge in [-0.2, -0.15) is 0 Å². The van der Waals surface area contributed by atoms with Crippen molar-refractivity contribution in [2.75, 3.05) is 13.1 Å². The number of amides is 5. The monoisotopic (exact) mass is 788 g/mol. The van der Waals surface area contributed by atoms with Gasteiger partial charge in [-0.1, -0.05) is 76.6 Å². The molecule has 1 aliphatic heterocycles. The van der Waals surface area contributed by atoms with E-state index in [-0.39, 0.29) is 44.0 Å². The van der Waals surface area contributed by atoms with Crippen LogP contribution in [-0.4, -0.2) is 104 Å². The van der Waals surface area contributed by atoms with E-state index in [0.29, 0.717) is 30.5 Å². The molecule has 7 atom stereocenters. The van der Waals surface area contributed by atoms with Gasteiger partial charge in [0.2, 0.25) is 29.5 Å². The van der Waals surface area contributed by atoms with E-state index in [0.717, 1.165) is 5.56 Å². The first kappa shape index (κ1) is 44.0. The van der Waals surface area contributed by atoms with Crippen molar-refractivity contribution in [3.63, 3.8) is 0 Å². The summed E-state index contributed by atoms with van der Waals surface area (Å²) in [5.74, 6) is -5.15. The number of carbonyl (C=O) groups excluding carboxylic acids is 5. The van der Waals surface area contributed by atoms with Crippen molar-refractivity contribution >= 4 is 35.5 Å². The number of H-pyrrole nitrogens is 1. The number of imidazole rings is 1. The van der Waals surface area contributed by atoms with Crippen LogP contribution in [0, 0.1) is 17.8 Å². The first-order valence-corrected chi connectivity index (χ1v) is 19.5. The van der Waals surface area contributed by atoms with Crippen LogP contribution in [0.2, 0.25) is 0 Å². The number of nitrogens with one attached hydrogen (secondary N) is 5. The molecule has 0 spiro atoms. The highest BCUT2D eigenvalue weighted by molar-refractivity contribution is 5.96. The number of nitrogens with zero attached hydrogens (tertiary/aromatic N) is 2. The molecule has 57 heavy (non-hydrogen) atoms. The second-order valence-electron chi connectivity index (χ2n) is 15.0. The third-order valence-corrected chi connectivity index (χ3v) is 10.5. The topological polar surface area (TPSA) is 249 Å². The molecule has 5 amide bonds. The Labute approximate surface area is 332 Å². The molecule has 9 N–H and O–H groups in total. The number of carboxylic acid groups (broad SMARTS) is 1. The molecule has 1 saturated heterocycles. The van der Waals surface area contributed by atoms with E-state index in [2.05, 4.69) is 31.2 Å². The van der Waals surface area contributed by atoms with Crippen molar-refractivity contribution in [2.24, 2.45) is 23.5 Å². The molecular formula is C41H56N8O8. The predicted molar refractivity (Wildman–Crippen MR) is 211 cm³/mol. The van der Waals surface area contributed by atoms with Crippen LogP contribution in [0.25, 0.3) is 0 Å². The third-order valence-electron chi connectivity index (χ3n) is 10.5. The van der Waals surface area contributed by atoms with Crippen LogP contribution in [0.4, 0.5) is 0 Å². The van der Waals surface area contributed by atoms with E-state index < -0.39 is 77.6 Å². The summed E-state index contributed by atoms with van der Waals surface area (Å²) in [4.78, 5) is 90.1. The molecule has 1 aromatic heterocycles. The molecule has 0 unspecified atom stereocenters. The maximum absolute atomic E-state index is 14.3. The van der Waals surface area contributed by atoms with Gasteiger partial charge < -0.3 is 47.1 Å². The summed E-state index contributed by atoms with van der Waals surface area (Å²) >= 11 is 0. The van der Waals surface area contributed by atoms with Crippen molar-refractivity contribution in [1.29, 1.82) is 0 Å². The van der Waals surface area contributed by atoms with Crippen molar-refractivity contribution in [2.45, 2.75) is 96.4 Å². The zero-order chi connectivity index (χ0) is 41.6. The van der Waals surface area contributed by atoms with Crippen molar-refractivity contribution in [3.8, 4) is 5.75 Å². The SMILES string of the molecule is CC[C@H](C)[C@H](NC(=O)[C@H](Cc1ccc(O)cc1)NC(=O)[C@@H](CN)C(C)C)C(=O)N[C@@H](Cc1cnc[nH]1)C(=O)N1CCC[C@H]1C(=O)N[C@@H](Cc1ccccc1)C(=O)O. The fourth-order valence-corrected chi connectivity index (χ4v) is 6.89. The summed E-state index contributed by atoms with van der Waals surface area (Å²) in [6.07, 6.45) is 4.27. The van der Waals surface area contributed by atoms with Crippen LogP contribution >= 0.6 is 0 Å². The average molecular weight is 789 g/mol. The lowest BCUT2D eigenvalue weighted by Crippen LogP contribution is -2.60. The van der Waals surface area contributed by atoms with Crippen LogP contribution < -0.4 is 27.0 Å². The summed E-state index contributed by atoms with van der Waals surface area (Å²) < 4.78 is 0. The second-order valence-corrected chi connectivity index (χ2v) is 15.0. The van der Waals surface area contributed by atoms with Crippen LogP contribution in [-0.2, 0) is 48.0 Å². The number of aromatic amines is 1. The Kier molecular flexibility index (Phi) is 16.2. The van der Waals surface area contributed by atoms with Crippen molar-refractivity contribution in [1.82, 2.24) is 36.1 Å². The molecule has 16 heteroatoms. The summed E-state index contributed by atoms with van der Waals surface area (Å²) in [6, 6.07) is 9.44. The number of hydrogen-bond acceptors (Lipinski definition) is 9. The highest BCUT2D eigenvalue weighted by Gasteiger charge is 2.40. The van der Waals surface area contributed by atoms with E-state index in [1.165, 1.54) is 29.6 Å². The predicted octanol–water partition coefficient (Wildman–Crippen LogP) is 1.44. The van der Waals surface area contributed by atoms with Gasteiger partial charge in [0, 0.05) is 44.2 Å². The van der Waals surface area contributed by atoms with E-state index in [1.54, 1.807) is 49.4 Å². The molecule has 1 aliphatic rings. The number of rotatable bonds is 20. The Morgan fingerprint density at radius 1 is 0.842 bits per heavy atom. The number of hydrogen-bond donors (Lipinski definition) is 8. The maximum atomic E-state index is 14.3. The van der Waals surface area contributed by atoms with Gasteiger partial charge in [-0.15, -0.1) is 0 Å². The lowest BCUT2D eigenvalue weighted by atomic mass is 9.93. The van der Waals surface area contributed by atoms with Gasteiger partial charge in [-0.25, -0.2) is 9.78 Å². The lowest BCUT2D eigenvalue weighted by molar-refractivity contribution is -0.145. The largest absolute Gasteiger partial charge is 0.508 e. The highest BCUT2D eigenvalue weighted by Crippen LogP contribution is 2.21. The zero-order valence-corrected chi connectivity index (χ0v) is 32.9. The number of carboxylic acids is 1. The highest BCUT2D eigenvalue weighted by atomic mass is 16.4. The average Bonchev–Trinajstić information content (AvgIpc) is 3.90. The van der Waals surface area contributed by atoms with Crippen LogP contribution in [0.5, 0.6) is 5.75 Å². The second kappa shape index (κ2) is 20.9. The molecule has 4 rings (SSSR count). The summed E-state index contributed by atoms with van der Waals surface area (Å²) in [7, 11) is 0. The number of phenols is 1. The molecule has 308 valence electrons. The maximum Gasteiger partial charge on any atom is 0.326 e. The van der Waals surface area contributed by atoms with E-state index in [4.69, 9.17) is 5.73 Å². The van der Waals surface area contributed by atoms with Crippen molar-refractivity contribution < 1.29 is 39.0 Å². The third kappa shape index (κ3) is 12.4. The van der Waals surface area contributed by atoms with E-state index in [9.17, 15) is 39.0 Å².